The van der Waals surface area contributed by atoms with Crippen molar-refractivity contribution in [2.24, 2.45) is 0 Å². The van der Waals surface area contributed by atoms with Crippen molar-refractivity contribution in [1.29, 1.82) is 0 Å². The molecular formula is C60H56N4O4. The van der Waals surface area contributed by atoms with Crippen molar-refractivity contribution in [1.82, 2.24) is 19.9 Å². The van der Waals surface area contributed by atoms with E-state index in [2.05, 4.69) is 159 Å². The molecule has 0 spiro atoms. The van der Waals surface area contributed by atoms with Crippen LogP contribution in [0.5, 0.6) is 0 Å². The minimum absolute atomic E-state index is 0.00656. The van der Waals surface area contributed by atoms with E-state index in [0.717, 1.165) is 125 Å². The third-order valence-corrected chi connectivity index (χ3v) is 14.5. The number of carbonyl (C=O) groups is 2. The number of fused-ring (bicyclic) bond motifs is 24. The molecule has 340 valence electrons. The summed E-state index contributed by atoms with van der Waals surface area (Å²) in [5.41, 5.74) is 9.39. The molecule has 2 unspecified atom stereocenters. The van der Waals surface area contributed by atoms with Crippen LogP contribution in [0.2, 0.25) is 0 Å². The van der Waals surface area contributed by atoms with Gasteiger partial charge in [0.15, 0.2) is 0 Å². The molecule has 0 radical (unpaired) electrons. The molecule has 0 aliphatic carbocycles. The lowest BCUT2D eigenvalue weighted by atomic mass is 9.87. The normalized spacial score (nSPS) is 15.1. The quantitative estimate of drug-likeness (QED) is 0.0718. The summed E-state index contributed by atoms with van der Waals surface area (Å²) < 4.78 is 11.4. The zero-order chi connectivity index (χ0) is 46.5. The Labute approximate surface area is 395 Å². The monoisotopic (exact) mass is 896 g/mol. The van der Waals surface area contributed by atoms with Gasteiger partial charge in [-0.05, 0) is 111 Å². The number of hydrogen-bond donors (Lipinski definition) is 2. The summed E-state index contributed by atoms with van der Waals surface area (Å²) in [6.45, 7) is 9.45. The molecule has 8 heteroatoms. The number of H-pyrrole nitrogens is 2. The van der Waals surface area contributed by atoms with E-state index in [9.17, 15) is 9.59 Å². The van der Waals surface area contributed by atoms with Gasteiger partial charge < -0.3 is 19.4 Å². The lowest BCUT2D eigenvalue weighted by molar-refractivity contribution is -0.144. The predicted molar refractivity (Wildman–Crippen MR) is 280 cm³/mol. The number of aromatic amines is 2. The minimum atomic E-state index is -0.198. The summed E-state index contributed by atoms with van der Waals surface area (Å²) in [5.74, 6) is -0.418. The predicted octanol–water partition coefficient (Wildman–Crippen LogP) is 15.3. The van der Waals surface area contributed by atoms with Crippen molar-refractivity contribution in [3.63, 3.8) is 0 Å². The standard InChI is InChI=1S/C60H56N4O4/c1-5-7-29-67-55(65)27-25-37-35(3)47-31-51-57-43-21-13-9-18-40(43)42-20-12-16-24-46(42)60(57)54(64-51)34-50-38(26-28-56(66)68-30-8-6-2)36(4)48(62-50)32-52-58-44-22-14-10-17-39(44)41-19-11-15-23-45(41)59(58)53(63-52)33-49(37)61-47/h9-24,31-35,37,63-64H,5-8,25-30H2,1-4H3. The number of allylic oxidation sites excluding steroid dienone is 2. The number of unbranched alkanes of at least 4 members (excludes halogenated alkanes) is 2. The molecule has 9 aromatic rings. The molecule has 11 rings (SSSR count). The van der Waals surface area contributed by atoms with Gasteiger partial charge in [-0.15, -0.1) is 0 Å². The van der Waals surface area contributed by atoms with Crippen LogP contribution in [0.1, 0.15) is 114 Å². The van der Waals surface area contributed by atoms with E-state index in [1.54, 1.807) is 0 Å². The van der Waals surface area contributed by atoms with Gasteiger partial charge in [-0.1, -0.05) is 131 Å². The van der Waals surface area contributed by atoms with Crippen LogP contribution >= 0.6 is 0 Å². The first-order chi connectivity index (χ1) is 33.3. The Hall–Kier alpha value is -7.32. The summed E-state index contributed by atoms with van der Waals surface area (Å²) in [4.78, 5) is 45.4. The molecule has 3 aromatic heterocycles. The number of benzene rings is 6. The Morgan fingerprint density at radius 2 is 0.941 bits per heavy atom. The van der Waals surface area contributed by atoms with Crippen molar-refractivity contribution >= 4 is 110 Å². The van der Waals surface area contributed by atoms with Gasteiger partial charge in [0.2, 0.25) is 0 Å². The number of hydrogen-bond acceptors (Lipinski definition) is 6. The molecule has 0 amide bonds. The summed E-state index contributed by atoms with van der Waals surface area (Å²) in [7, 11) is 0. The Morgan fingerprint density at radius 1 is 0.529 bits per heavy atom. The van der Waals surface area contributed by atoms with Crippen LogP contribution < -0.4 is 0 Å². The fourth-order valence-electron chi connectivity index (χ4n) is 10.9. The first-order valence-electron chi connectivity index (χ1n) is 24.5. The summed E-state index contributed by atoms with van der Waals surface area (Å²) >= 11 is 0. The van der Waals surface area contributed by atoms with Crippen LogP contribution in [0.3, 0.4) is 0 Å². The SMILES string of the molecule is CCCCOC(=O)CCC1=C(C)c2cc3[nH]c(cc4nc(cc5[nH]c(cc1n2)c1c2ccccc2c2ccccc2c51)C(C)C4CCC(=O)OCCCC)c1c2ccccc2c2ccccc2c31. The number of carbonyl (C=O) groups excluding carboxylic acids is 2. The van der Waals surface area contributed by atoms with Crippen molar-refractivity contribution in [3.05, 3.63) is 144 Å². The second-order valence-corrected chi connectivity index (χ2v) is 18.7. The van der Waals surface area contributed by atoms with Gasteiger partial charge in [0.05, 0.1) is 24.6 Å². The third kappa shape index (κ3) is 7.56. The fraction of sp³-hybridized carbons (Fsp3) is 0.267. The Bertz CT molecular complexity index is 3710. The molecule has 2 aliphatic rings. The molecule has 8 bridgehead atoms. The van der Waals surface area contributed by atoms with Crippen LogP contribution in [-0.2, 0) is 19.1 Å². The van der Waals surface area contributed by atoms with Crippen LogP contribution in [0.4, 0.5) is 0 Å². The van der Waals surface area contributed by atoms with Gasteiger partial charge in [0, 0.05) is 79.7 Å². The number of esters is 2. The average molecular weight is 897 g/mol. The second kappa shape index (κ2) is 18.1. The maximum Gasteiger partial charge on any atom is 0.306 e. The van der Waals surface area contributed by atoms with E-state index in [4.69, 9.17) is 19.4 Å². The van der Waals surface area contributed by atoms with Gasteiger partial charge in [-0.3, -0.25) is 14.6 Å². The molecular weight excluding hydrogens is 841 g/mol. The Kier molecular flexibility index (Phi) is 11.5. The van der Waals surface area contributed by atoms with Crippen LogP contribution in [0.25, 0.3) is 97.8 Å². The Morgan fingerprint density at radius 3 is 1.41 bits per heavy atom. The number of nitrogens with zero attached hydrogens (tertiary/aromatic N) is 2. The number of nitrogens with one attached hydrogen (secondary N) is 2. The Balaban J connectivity index is 1.26. The maximum absolute atomic E-state index is 13.3. The average Bonchev–Trinajstić information content (AvgIpc) is 4.07. The highest BCUT2D eigenvalue weighted by molar-refractivity contribution is 6.34. The van der Waals surface area contributed by atoms with Gasteiger partial charge >= 0.3 is 11.9 Å². The van der Waals surface area contributed by atoms with Crippen molar-refractivity contribution in [2.45, 2.75) is 90.9 Å². The van der Waals surface area contributed by atoms with Crippen molar-refractivity contribution < 1.29 is 19.1 Å². The maximum atomic E-state index is 13.3. The smallest absolute Gasteiger partial charge is 0.306 e. The van der Waals surface area contributed by atoms with E-state index in [0.29, 0.717) is 32.5 Å². The molecule has 68 heavy (non-hydrogen) atoms. The molecule has 2 aliphatic heterocycles. The van der Waals surface area contributed by atoms with Gasteiger partial charge in [-0.2, -0.15) is 0 Å². The molecule has 5 heterocycles. The molecule has 2 atom stereocenters. The van der Waals surface area contributed by atoms with Crippen LogP contribution in [0.15, 0.2) is 121 Å². The molecule has 8 nitrogen and oxygen atoms in total. The number of rotatable bonds is 12. The highest BCUT2D eigenvalue weighted by Crippen LogP contribution is 2.46. The summed E-state index contributed by atoms with van der Waals surface area (Å²) in [6, 6.07) is 43.4. The van der Waals surface area contributed by atoms with Gasteiger partial charge in [0.1, 0.15) is 0 Å². The largest absolute Gasteiger partial charge is 0.466 e. The minimum Gasteiger partial charge on any atom is -0.466 e. The first-order valence-corrected chi connectivity index (χ1v) is 24.5. The lowest BCUT2D eigenvalue weighted by Gasteiger charge is -2.15. The highest BCUT2D eigenvalue weighted by atomic mass is 16.5. The molecule has 6 aromatic carbocycles. The van der Waals surface area contributed by atoms with Crippen LogP contribution in [-0.4, -0.2) is 45.1 Å². The molecule has 2 N–H and O–H groups in total. The van der Waals surface area contributed by atoms with Crippen molar-refractivity contribution in [3.8, 4) is 0 Å². The third-order valence-electron chi connectivity index (χ3n) is 14.5. The van der Waals surface area contributed by atoms with Crippen LogP contribution in [0, 0.1) is 0 Å². The van der Waals surface area contributed by atoms with Gasteiger partial charge in [-0.25, -0.2) is 4.98 Å². The van der Waals surface area contributed by atoms with E-state index < -0.39 is 0 Å². The fourth-order valence-corrected chi connectivity index (χ4v) is 10.9. The van der Waals surface area contributed by atoms with E-state index >= 15 is 0 Å². The first kappa shape index (κ1) is 43.3. The van der Waals surface area contributed by atoms with E-state index in [1.807, 2.05) is 0 Å². The second-order valence-electron chi connectivity index (χ2n) is 18.7. The zero-order valence-electron chi connectivity index (χ0n) is 39.3. The summed E-state index contributed by atoms with van der Waals surface area (Å²) in [6.07, 6.45) is 5.28. The number of aromatic nitrogens is 4. The van der Waals surface area contributed by atoms with E-state index in [-0.39, 0.29) is 30.2 Å². The lowest BCUT2D eigenvalue weighted by Crippen LogP contribution is -2.09. The topological polar surface area (TPSA) is 110 Å². The number of ether oxygens (including phenoxy) is 2. The zero-order valence-corrected chi connectivity index (χ0v) is 39.3. The molecule has 0 saturated heterocycles. The molecule has 0 saturated carbocycles. The summed E-state index contributed by atoms with van der Waals surface area (Å²) in [5, 5.41) is 13.7. The van der Waals surface area contributed by atoms with Gasteiger partial charge in [0.25, 0.3) is 0 Å². The van der Waals surface area contributed by atoms with E-state index in [1.165, 1.54) is 21.5 Å². The molecule has 0 fully saturated rings. The van der Waals surface area contributed by atoms with Crippen molar-refractivity contribution in [2.75, 3.05) is 13.2 Å². The highest BCUT2D eigenvalue weighted by Gasteiger charge is 2.30.